The molecule has 126 valence electrons. The lowest BCUT2D eigenvalue weighted by Crippen LogP contribution is -2.30. The third-order valence-electron chi connectivity index (χ3n) is 4.49. The Balaban J connectivity index is 1.75. The summed E-state index contributed by atoms with van der Waals surface area (Å²) in [6.07, 6.45) is 3.34. The van der Waals surface area contributed by atoms with Gasteiger partial charge in [-0.15, -0.1) is 0 Å². The fourth-order valence-corrected chi connectivity index (χ4v) is 3.18. The number of carbonyl (C=O) groups is 1. The van der Waals surface area contributed by atoms with Gasteiger partial charge >= 0.3 is 0 Å². The van der Waals surface area contributed by atoms with E-state index in [1.165, 1.54) is 12.3 Å². The predicted molar refractivity (Wildman–Crippen MR) is 98.6 cm³/mol. The zero-order valence-electron chi connectivity index (χ0n) is 13.8. The fourth-order valence-electron chi connectivity index (χ4n) is 3.18. The second-order valence-electron chi connectivity index (χ2n) is 6.02. The number of nitriles is 1. The van der Waals surface area contributed by atoms with Gasteiger partial charge < -0.3 is 9.32 Å². The van der Waals surface area contributed by atoms with E-state index in [1.807, 2.05) is 30.3 Å². The highest BCUT2D eigenvalue weighted by atomic mass is 16.3. The summed E-state index contributed by atoms with van der Waals surface area (Å²) in [5, 5.41) is 9.89. The summed E-state index contributed by atoms with van der Waals surface area (Å²) in [5.41, 5.74) is 2.17. The summed E-state index contributed by atoms with van der Waals surface area (Å²) >= 11 is 0. The number of hydrogen-bond acceptors (Lipinski definition) is 4. The highest BCUT2D eigenvalue weighted by Crippen LogP contribution is 2.28. The van der Waals surface area contributed by atoms with Crippen molar-refractivity contribution in [2.45, 2.75) is 6.42 Å². The zero-order valence-corrected chi connectivity index (χ0v) is 13.8. The summed E-state index contributed by atoms with van der Waals surface area (Å²) in [7, 11) is 0. The minimum atomic E-state index is -0.412. The van der Waals surface area contributed by atoms with Gasteiger partial charge in [-0.1, -0.05) is 30.3 Å². The number of amides is 1. The quantitative estimate of drug-likeness (QED) is 0.529. The largest absolute Gasteiger partial charge is 0.463 e. The molecule has 26 heavy (non-hydrogen) atoms. The minimum Gasteiger partial charge on any atom is -0.463 e. The monoisotopic (exact) mass is 342 g/mol. The van der Waals surface area contributed by atoms with Crippen LogP contribution in [0.25, 0.3) is 17.0 Å². The highest BCUT2D eigenvalue weighted by molar-refractivity contribution is 6.12. The first kappa shape index (κ1) is 15.9. The summed E-state index contributed by atoms with van der Waals surface area (Å²) in [6, 6.07) is 16.4. The van der Waals surface area contributed by atoms with E-state index in [9.17, 15) is 14.9 Å². The molecule has 0 N–H and O–H groups in total. The molecule has 3 aromatic rings. The number of benzene rings is 2. The number of anilines is 1. The SMILES string of the molecule is N#CC(=Cc1coc2ccccc2c1=O)C(=O)N1CCc2ccccc21. The van der Waals surface area contributed by atoms with Crippen LogP contribution in [0.5, 0.6) is 0 Å². The molecule has 1 aliphatic heterocycles. The van der Waals surface area contributed by atoms with E-state index in [4.69, 9.17) is 4.42 Å². The van der Waals surface area contributed by atoms with E-state index < -0.39 is 5.91 Å². The molecular formula is C21H14N2O3. The van der Waals surface area contributed by atoms with E-state index in [-0.39, 0.29) is 16.6 Å². The van der Waals surface area contributed by atoms with Gasteiger partial charge in [-0.25, -0.2) is 0 Å². The van der Waals surface area contributed by atoms with Gasteiger partial charge in [0.2, 0.25) is 0 Å². The lowest BCUT2D eigenvalue weighted by molar-refractivity contribution is -0.114. The van der Waals surface area contributed by atoms with Crippen molar-refractivity contribution in [1.82, 2.24) is 0 Å². The molecule has 4 rings (SSSR count). The predicted octanol–water partition coefficient (Wildman–Crippen LogP) is 3.29. The van der Waals surface area contributed by atoms with Crippen LogP contribution in [0.2, 0.25) is 0 Å². The van der Waals surface area contributed by atoms with Gasteiger partial charge in [-0.05, 0) is 36.3 Å². The first-order chi connectivity index (χ1) is 12.7. The molecular weight excluding hydrogens is 328 g/mol. The van der Waals surface area contributed by atoms with Gasteiger partial charge in [0, 0.05) is 12.2 Å². The minimum absolute atomic E-state index is 0.0933. The summed E-state index contributed by atoms with van der Waals surface area (Å²) in [5.74, 6) is -0.412. The van der Waals surface area contributed by atoms with Crippen LogP contribution in [-0.2, 0) is 11.2 Å². The van der Waals surface area contributed by atoms with Crippen molar-refractivity contribution >= 4 is 28.6 Å². The summed E-state index contributed by atoms with van der Waals surface area (Å²) in [6.45, 7) is 0.517. The molecule has 2 aromatic carbocycles. The molecule has 1 amide bonds. The average molecular weight is 342 g/mol. The Labute approximate surface area is 149 Å². The number of nitrogens with zero attached hydrogens (tertiary/aromatic N) is 2. The van der Waals surface area contributed by atoms with E-state index >= 15 is 0 Å². The van der Waals surface area contributed by atoms with Crippen molar-refractivity contribution in [3.8, 4) is 6.07 Å². The summed E-state index contributed by atoms with van der Waals surface area (Å²) in [4.78, 5) is 27.0. The van der Waals surface area contributed by atoms with Gasteiger partial charge in [-0.2, -0.15) is 5.26 Å². The number of para-hydroxylation sites is 2. The normalized spacial score (nSPS) is 13.5. The Morgan fingerprint density at radius 1 is 1.15 bits per heavy atom. The number of fused-ring (bicyclic) bond motifs is 2. The lowest BCUT2D eigenvalue weighted by Gasteiger charge is -2.16. The van der Waals surface area contributed by atoms with Crippen molar-refractivity contribution in [2.75, 3.05) is 11.4 Å². The summed E-state index contributed by atoms with van der Waals surface area (Å²) < 4.78 is 5.45. The standard InChI is InChI=1S/C21H14N2O3/c22-12-15(21(25)23-10-9-14-5-1-3-7-18(14)23)11-16-13-26-19-8-4-2-6-17(19)20(16)24/h1-8,11,13H,9-10H2. The smallest absolute Gasteiger partial charge is 0.268 e. The molecule has 5 nitrogen and oxygen atoms in total. The van der Waals surface area contributed by atoms with Crippen LogP contribution in [0.4, 0.5) is 5.69 Å². The second-order valence-corrected chi connectivity index (χ2v) is 6.02. The lowest BCUT2D eigenvalue weighted by atomic mass is 10.1. The van der Waals surface area contributed by atoms with Crippen LogP contribution in [0.15, 0.2) is 69.6 Å². The Hall–Kier alpha value is -3.65. The van der Waals surface area contributed by atoms with Crippen LogP contribution in [-0.4, -0.2) is 12.5 Å². The van der Waals surface area contributed by atoms with E-state index in [0.717, 1.165) is 17.7 Å². The van der Waals surface area contributed by atoms with Crippen molar-refractivity contribution in [3.05, 3.63) is 81.7 Å². The first-order valence-electron chi connectivity index (χ1n) is 8.21. The molecule has 0 saturated heterocycles. The van der Waals surface area contributed by atoms with Gasteiger partial charge in [0.25, 0.3) is 5.91 Å². The van der Waals surface area contributed by atoms with Gasteiger partial charge in [0.05, 0.1) is 10.9 Å². The zero-order chi connectivity index (χ0) is 18.1. The molecule has 0 bridgehead atoms. The average Bonchev–Trinajstić information content (AvgIpc) is 3.11. The molecule has 5 heteroatoms. The highest BCUT2D eigenvalue weighted by Gasteiger charge is 2.26. The van der Waals surface area contributed by atoms with Crippen molar-refractivity contribution < 1.29 is 9.21 Å². The topological polar surface area (TPSA) is 74.3 Å². The van der Waals surface area contributed by atoms with Crippen molar-refractivity contribution in [3.63, 3.8) is 0 Å². The number of carbonyl (C=O) groups excluding carboxylic acids is 1. The third kappa shape index (κ3) is 2.58. The molecule has 2 heterocycles. The van der Waals surface area contributed by atoms with Crippen LogP contribution in [0, 0.1) is 11.3 Å². The molecule has 0 fully saturated rings. The van der Waals surface area contributed by atoms with E-state index in [2.05, 4.69) is 0 Å². The Morgan fingerprint density at radius 2 is 1.92 bits per heavy atom. The molecule has 0 aliphatic carbocycles. The maximum atomic E-state index is 12.8. The van der Waals surface area contributed by atoms with Gasteiger partial charge in [-0.3, -0.25) is 9.59 Å². The van der Waals surface area contributed by atoms with Gasteiger partial charge in [0.1, 0.15) is 23.5 Å². The van der Waals surface area contributed by atoms with Crippen molar-refractivity contribution in [1.29, 1.82) is 5.26 Å². The maximum Gasteiger partial charge on any atom is 0.268 e. The maximum absolute atomic E-state index is 12.8. The molecule has 0 atom stereocenters. The van der Waals surface area contributed by atoms with E-state index in [1.54, 1.807) is 29.2 Å². The fraction of sp³-hybridized carbons (Fsp3) is 0.0952. The molecule has 0 unspecified atom stereocenters. The molecule has 1 aromatic heterocycles. The Morgan fingerprint density at radius 3 is 2.77 bits per heavy atom. The Kier molecular flexibility index (Phi) is 3.86. The molecule has 0 radical (unpaired) electrons. The first-order valence-corrected chi connectivity index (χ1v) is 8.21. The van der Waals surface area contributed by atoms with E-state index in [0.29, 0.717) is 17.5 Å². The third-order valence-corrected chi connectivity index (χ3v) is 4.49. The van der Waals surface area contributed by atoms with Gasteiger partial charge in [0.15, 0.2) is 5.43 Å². The van der Waals surface area contributed by atoms with Crippen LogP contribution >= 0.6 is 0 Å². The number of hydrogen-bond donors (Lipinski definition) is 0. The van der Waals surface area contributed by atoms with Crippen LogP contribution in [0.1, 0.15) is 11.1 Å². The Bertz CT molecular complexity index is 1150. The molecule has 1 aliphatic rings. The van der Waals surface area contributed by atoms with Crippen LogP contribution in [0.3, 0.4) is 0 Å². The molecule has 0 saturated carbocycles. The van der Waals surface area contributed by atoms with Crippen molar-refractivity contribution in [2.24, 2.45) is 0 Å². The second kappa shape index (κ2) is 6.34. The number of rotatable bonds is 2. The molecule has 0 spiro atoms. The van der Waals surface area contributed by atoms with Crippen LogP contribution < -0.4 is 10.3 Å².